The Labute approximate surface area is 155 Å². The van der Waals surface area contributed by atoms with Gasteiger partial charge in [0.05, 0.1) is 5.56 Å². The first-order valence-corrected chi connectivity index (χ1v) is 8.53. The molecule has 1 aromatic heterocycles. The second-order valence-electron chi connectivity index (χ2n) is 6.22. The van der Waals surface area contributed by atoms with E-state index in [1.807, 2.05) is 25.1 Å². The molecule has 0 atom stereocenters. The molecule has 0 saturated heterocycles. The van der Waals surface area contributed by atoms with E-state index in [0.29, 0.717) is 24.6 Å². The van der Waals surface area contributed by atoms with E-state index >= 15 is 0 Å². The van der Waals surface area contributed by atoms with Crippen LogP contribution in [0.1, 0.15) is 18.1 Å². The highest BCUT2D eigenvalue weighted by molar-refractivity contribution is 5.91. The Morgan fingerprint density at radius 1 is 1.22 bits per heavy atom. The van der Waals surface area contributed by atoms with Crippen molar-refractivity contribution in [3.8, 4) is 11.5 Å². The maximum atomic E-state index is 12.5. The Bertz CT molecular complexity index is 1020. The van der Waals surface area contributed by atoms with Crippen molar-refractivity contribution in [3.63, 3.8) is 0 Å². The lowest BCUT2D eigenvalue weighted by molar-refractivity contribution is -0.126. The van der Waals surface area contributed by atoms with Crippen LogP contribution >= 0.6 is 0 Å². The van der Waals surface area contributed by atoms with Gasteiger partial charge >= 0.3 is 5.69 Å². The molecule has 142 valence electrons. The smallest absolute Gasteiger partial charge is 0.330 e. The van der Waals surface area contributed by atoms with Crippen molar-refractivity contribution < 1.29 is 14.3 Å². The molecule has 0 unspecified atom stereocenters. The normalized spacial score (nSPS) is 12.6. The van der Waals surface area contributed by atoms with Crippen LogP contribution in [-0.2, 0) is 25.4 Å². The largest absolute Gasteiger partial charge is 0.454 e. The average Bonchev–Trinajstić information content (AvgIpc) is 3.13. The van der Waals surface area contributed by atoms with Crippen LogP contribution in [0.5, 0.6) is 11.5 Å². The van der Waals surface area contributed by atoms with Gasteiger partial charge in [0.2, 0.25) is 12.7 Å². The van der Waals surface area contributed by atoms with Gasteiger partial charge in [-0.15, -0.1) is 0 Å². The molecule has 8 nitrogen and oxygen atoms in total. The first-order valence-electron chi connectivity index (χ1n) is 8.53. The summed E-state index contributed by atoms with van der Waals surface area (Å²) in [6, 6.07) is 5.56. The summed E-state index contributed by atoms with van der Waals surface area (Å²) >= 11 is 0. The van der Waals surface area contributed by atoms with Crippen LogP contribution in [-0.4, -0.2) is 33.3 Å². The highest BCUT2D eigenvalue weighted by atomic mass is 16.7. The fraction of sp³-hybridized carbons (Fsp3) is 0.316. The second kappa shape index (κ2) is 7.53. The number of carbonyl (C=O) groups excluding carboxylic acids is 1. The van der Waals surface area contributed by atoms with Crippen LogP contribution in [0.25, 0.3) is 6.08 Å². The van der Waals surface area contributed by atoms with Crippen LogP contribution in [0, 0.1) is 0 Å². The molecule has 0 aliphatic carbocycles. The summed E-state index contributed by atoms with van der Waals surface area (Å²) in [4.78, 5) is 38.0. The predicted octanol–water partition coefficient (Wildman–Crippen LogP) is 0.875. The van der Waals surface area contributed by atoms with Gasteiger partial charge in [-0.05, 0) is 30.7 Å². The third-order valence-electron chi connectivity index (χ3n) is 4.38. The number of nitrogens with zero attached hydrogens (tertiary/aromatic N) is 3. The highest BCUT2D eigenvalue weighted by Crippen LogP contribution is 2.32. The molecule has 0 spiro atoms. The zero-order valence-corrected chi connectivity index (χ0v) is 15.5. The standard InChI is InChI=1S/C19H21N3O5/c1-4-22(10-13-5-7-15-16(9-13)27-12-26-15)17(23)8-6-14-11-20(2)19(25)21(3)18(14)24/h5-9,11H,4,10,12H2,1-3H3/b8-6+. The molecular weight excluding hydrogens is 350 g/mol. The van der Waals surface area contributed by atoms with Crippen LogP contribution in [0.3, 0.4) is 0 Å². The molecular formula is C19H21N3O5. The third kappa shape index (κ3) is 3.79. The van der Waals surface area contributed by atoms with Crippen molar-refractivity contribution in [2.24, 2.45) is 14.1 Å². The highest BCUT2D eigenvalue weighted by Gasteiger charge is 2.16. The van der Waals surface area contributed by atoms with E-state index < -0.39 is 11.2 Å². The van der Waals surface area contributed by atoms with E-state index in [0.717, 1.165) is 10.1 Å². The number of hydrogen-bond donors (Lipinski definition) is 0. The summed E-state index contributed by atoms with van der Waals surface area (Å²) in [6.45, 7) is 2.99. The molecule has 27 heavy (non-hydrogen) atoms. The summed E-state index contributed by atoms with van der Waals surface area (Å²) in [5.41, 5.74) is 0.329. The minimum Gasteiger partial charge on any atom is -0.454 e. The monoisotopic (exact) mass is 371 g/mol. The van der Waals surface area contributed by atoms with Gasteiger partial charge < -0.3 is 18.9 Å². The predicted molar refractivity (Wildman–Crippen MR) is 99.6 cm³/mol. The number of rotatable bonds is 5. The molecule has 0 radical (unpaired) electrons. The van der Waals surface area contributed by atoms with Crippen LogP contribution in [0.4, 0.5) is 0 Å². The minimum absolute atomic E-state index is 0.201. The summed E-state index contributed by atoms with van der Waals surface area (Å²) in [5, 5.41) is 0. The zero-order valence-electron chi connectivity index (χ0n) is 15.5. The lowest BCUT2D eigenvalue weighted by atomic mass is 10.2. The molecule has 0 saturated carbocycles. The fourth-order valence-corrected chi connectivity index (χ4v) is 2.82. The van der Waals surface area contributed by atoms with Crippen molar-refractivity contribution in [2.45, 2.75) is 13.5 Å². The summed E-state index contributed by atoms with van der Waals surface area (Å²) < 4.78 is 13.0. The van der Waals surface area contributed by atoms with Crippen molar-refractivity contribution in [1.29, 1.82) is 0 Å². The molecule has 8 heteroatoms. The first-order chi connectivity index (χ1) is 12.9. The van der Waals surface area contributed by atoms with E-state index in [1.54, 1.807) is 11.9 Å². The average molecular weight is 371 g/mol. The van der Waals surface area contributed by atoms with Gasteiger partial charge in [-0.1, -0.05) is 6.07 Å². The Kier molecular flexibility index (Phi) is 5.16. The van der Waals surface area contributed by atoms with Gasteiger partial charge in [-0.3, -0.25) is 14.2 Å². The molecule has 3 rings (SSSR count). The quantitative estimate of drug-likeness (QED) is 0.729. The van der Waals surface area contributed by atoms with Gasteiger partial charge in [0.15, 0.2) is 11.5 Å². The van der Waals surface area contributed by atoms with Crippen molar-refractivity contribution in [3.05, 3.63) is 62.4 Å². The molecule has 0 N–H and O–H groups in total. The molecule has 2 heterocycles. The van der Waals surface area contributed by atoms with Crippen LogP contribution in [0.15, 0.2) is 40.1 Å². The number of ether oxygens (including phenoxy) is 2. The Hall–Kier alpha value is -3.29. The summed E-state index contributed by atoms with van der Waals surface area (Å²) in [6.07, 6.45) is 4.20. The minimum atomic E-state index is -0.444. The topological polar surface area (TPSA) is 82.8 Å². The number of hydrogen-bond acceptors (Lipinski definition) is 5. The van der Waals surface area contributed by atoms with E-state index in [1.165, 1.54) is 30.0 Å². The number of aromatic nitrogens is 2. The van der Waals surface area contributed by atoms with E-state index in [-0.39, 0.29) is 18.3 Å². The first kappa shape index (κ1) is 18.5. The van der Waals surface area contributed by atoms with Crippen LogP contribution in [0.2, 0.25) is 0 Å². The molecule has 1 aliphatic rings. The van der Waals surface area contributed by atoms with E-state index in [2.05, 4.69) is 0 Å². The number of amides is 1. The molecule has 0 fully saturated rings. The van der Waals surface area contributed by atoms with Gasteiger partial charge in [0, 0.05) is 39.5 Å². The lowest BCUT2D eigenvalue weighted by Gasteiger charge is -2.19. The third-order valence-corrected chi connectivity index (χ3v) is 4.38. The maximum Gasteiger partial charge on any atom is 0.330 e. The SMILES string of the molecule is CCN(Cc1ccc2c(c1)OCO2)C(=O)/C=C/c1cn(C)c(=O)n(C)c1=O. The van der Waals surface area contributed by atoms with Crippen molar-refractivity contribution in [1.82, 2.24) is 14.0 Å². The molecule has 2 aromatic rings. The zero-order chi connectivity index (χ0) is 19.6. The van der Waals surface area contributed by atoms with Crippen LogP contribution < -0.4 is 20.7 Å². The van der Waals surface area contributed by atoms with Crippen molar-refractivity contribution in [2.75, 3.05) is 13.3 Å². The van der Waals surface area contributed by atoms with Gasteiger partial charge in [0.1, 0.15) is 0 Å². The maximum absolute atomic E-state index is 12.5. The van der Waals surface area contributed by atoms with Crippen molar-refractivity contribution >= 4 is 12.0 Å². The van der Waals surface area contributed by atoms with Gasteiger partial charge in [-0.25, -0.2) is 4.79 Å². The molecule has 1 aliphatic heterocycles. The fourth-order valence-electron chi connectivity index (χ4n) is 2.82. The number of fused-ring (bicyclic) bond motifs is 1. The Morgan fingerprint density at radius 3 is 2.70 bits per heavy atom. The second-order valence-corrected chi connectivity index (χ2v) is 6.22. The number of carbonyl (C=O) groups is 1. The number of likely N-dealkylation sites (N-methyl/N-ethyl adjacent to an activating group) is 1. The Morgan fingerprint density at radius 2 is 1.96 bits per heavy atom. The Balaban J connectivity index is 1.77. The molecule has 1 amide bonds. The van der Waals surface area contributed by atoms with Gasteiger partial charge in [0.25, 0.3) is 5.56 Å². The van der Waals surface area contributed by atoms with Gasteiger partial charge in [-0.2, -0.15) is 0 Å². The number of benzene rings is 1. The summed E-state index contributed by atoms with van der Waals surface area (Å²) in [7, 11) is 2.96. The number of aryl methyl sites for hydroxylation is 1. The van der Waals surface area contributed by atoms with E-state index in [4.69, 9.17) is 9.47 Å². The summed E-state index contributed by atoms with van der Waals surface area (Å²) in [5.74, 6) is 1.13. The lowest BCUT2D eigenvalue weighted by Crippen LogP contribution is -2.37. The molecule has 1 aromatic carbocycles. The van der Waals surface area contributed by atoms with E-state index in [9.17, 15) is 14.4 Å². The molecule has 0 bridgehead atoms.